The molecule has 7 heteroatoms. The standard InChI is InChI=1S/C23H20ClNO5/c1-28-21-12-7-15(13-16(21)14-30-18-10-8-17(24)9-11-18)22(26)25-20-6-4-3-5-19(20)23(27)29-2/h3-13H,14H2,1-2H3,(H,25,26). The number of ether oxygens (including phenoxy) is 3. The van der Waals surface area contributed by atoms with E-state index in [2.05, 4.69) is 5.32 Å². The lowest BCUT2D eigenvalue weighted by Gasteiger charge is -2.13. The summed E-state index contributed by atoms with van der Waals surface area (Å²) >= 11 is 5.89. The summed E-state index contributed by atoms with van der Waals surface area (Å²) in [5.41, 5.74) is 1.73. The Labute approximate surface area is 179 Å². The van der Waals surface area contributed by atoms with Crippen LogP contribution in [0, 0.1) is 0 Å². The molecule has 0 atom stereocenters. The number of rotatable bonds is 7. The molecule has 0 spiro atoms. The van der Waals surface area contributed by atoms with Crippen molar-refractivity contribution in [2.24, 2.45) is 0 Å². The van der Waals surface area contributed by atoms with Crippen molar-refractivity contribution in [1.29, 1.82) is 0 Å². The molecule has 0 aliphatic heterocycles. The monoisotopic (exact) mass is 425 g/mol. The predicted molar refractivity (Wildman–Crippen MR) is 115 cm³/mol. The average molecular weight is 426 g/mol. The van der Waals surface area contributed by atoms with E-state index >= 15 is 0 Å². The number of para-hydroxylation sites is 1. The largest absolute Gasteiger partial charge is 0.496 e. The van der Waals surface area contributed by atoms with Gasteiger partial charge >= 0.3 is 5.97 Å². The molecule has 0 fully saturated rings. The van der Waals surface area contributed by atoms with E-state index in [4.69, 9.17) is 25.8 Å². The third kappa shape index (κ3) is 5.10. The molecule has 30 heavy (non-hydrogen) atoms. The quantitative estimate of drug-likeness (QED) is 0.541. The zero-order valence-electron chi connectivity index (χ0n) is 16.5. The summed E-state index contributed by atoms with van der Waals surface area (Å²) in [6.07, 6.45) is 0. The summed E-state index contributed by atoms with van der Waals surface area (Å²) in [6, 6.07) is 18.6. The molecule has 0 aromatic heterocycles. The van der Waals surface area contributed by atoms with Gasteiger partial charge in [0.15, 0.2) is 0 Å². The number of nitrogens with one attached hydrogen (secondary N) is 1. The summed E-state index contributed by atoms with van der Waals surface area (Å²) in [5.74, 6) is 0.332. The Kier molecular flexibility index (Phi) is 6.93. The lowest BCUT2D eigenvalue weighted by molar-refractivity contribution is 0.0602. The third-order valence-corrected chi connectivity index (χ3v) is 4.58. The zero-order chi connectivity index (χ0) is 21.5. The van der Waals surface area contributed by atoms with Gasteiger partial charge in [-0.05, 0) is 54.6 Å². The van der Waals surface area contributed by atoms with Crippen LogP contribution in [-0.4, -0.2) is 26.1 Å². The topological polar surface area (TPSA) is 73.9 Å². The molecular weight excluding hydrogens is 406 g/mol. The number of hydrogen-bond donors (Lipinski definition) is 1. The Morgan fingerprint density at radius 3 is 2.40 bits per heavy atom. The van der Waals surface area contributed by atoms with E-state index < -0.39 is 5.97 Å². The smallest absolute Gasteiger partial charge is 0.339 e. The highest BCUT2D eigenvalue weighted by molar-refractivity contribution is 6.30. The van der Waals surface area contributed by atoms with E-state index in [1.165, 1.54) is 7.11 Å². The van der Waals surface area contributed by atoms with Crippen LogP contribution < -0.4 is 14.8 Å². The SMILES string of the molecule is COC(=O)c1ccccc1NC(=O)c1ccc(OC)c(COc2ccc(Cl)cc2)c1. The number of carbonyl (C=O) groups excluding carboxylic acids is 2. The highest BCUT2D eigenvalue weighted by atomic mass is 35.5. The second kappa shape index (κ2) is 9.80. The molecule has 1 amide bonds. The molecule has 6 nitrogen and oxygen atoms in total. The van der Waals surface area contributed by atoms with Gasteiger partial charge in [-0.25, -0.2) is 4.79 Å². The minimum absolute atomic E-state index is 0.199. The first-order valence-electron chi connectivity index (χ1n) is 9.06. The number of halogens is 1. The van der Waals surface area contributed by atoms with Gasteiger partial charge in [-0.1, -0.05) is 23.7 Å². The van der Waals surface area contributed by atoms with E-state index in [0.717, 1.165) is 0 Å². The first-order chi connectivity index (χ1) is 14.5. The van der Waals surface area contributed by atoms with Gasteiger partial charge in [-0.15, -0.1) is 0 Å². The van der Waals surface area contributed by atoms with E-state index in [9.17, 15) is 9.59 Å². The van der Waals surface area contributed by atoms with Gasteiger partial charge in [0, 0.05) is 16.1 Å². The molecule has 0 aliphatic rings. The molecule has 0 saturated heterocycles. The fourth-order valence-electron chi connectivity index (χ4n) is 2.80. The van der Waals surface area contributed by atoms with Crippen LogP contribution in [0.25, 0.3) is 0 Å². The van der Waals surface area contributed by atoms with E-state index in [-0.39, 0.29) is 18.1 Å². The van der Waals surface area contributed by atoms with Gasteiger partial charge in [0.2, 0.25) is 0 Å². The van der Waals surface area contributed by atoms with Crippen molar-refractivity contribution < 1.29 is 23.8 Å². The van der Waals surface area contributed by atoms with Crippen molar-refractivity contribution in [3.8, 4) is 11.5 Å². The fraction of sp³-hybridized carbons (Fsp3) is 0.130. The van der Waals surface area contributed by atoms with Crippen LogP contribution in [0.3, 0.4) is 0 Å². The lowest BCUT2D eigenvalue weighted by atomic mass is 10.1. The molecular formula is C23H20ClNO5. The Balaban J connectivity index is 1.79. The third-order valence-electron chi connectivity index (χ3n) is 4.33. The summed E-state index contributed by atoms with van der Waals surface area (Å²) < 4.78 is 15.9. The van der Waals surface area contributed by atoms with Gasteiger partial charge in [0.25, 0.3) is 5.91 Å². The van der Waals surface area contributed by atoms with E-state index in [1.54, 1.807) is 73.8 Å². The summed E-state index contributed by atoms with van der Waals surface area (Å²) in [5, 5.41) is 3.37. The number of esters is 1. The summed E-state index contributed by atoms with van der Waals surface area (Å²) in [6.45, 7) is 0.199. The van der Waals surface area contributed by atoms with Crippen LogP contribution in [0.5, 0.6) is 11.5 Å². The highest BCUT2D eigenvalue weighted by Gasteiger charge is 2.16. The maximum absolute atomic E-state index is 12.8. The fourth-order valence-corrected chi connectivity index (χ4v) is 2.93. The Hall–Kier alpha value is -3.51. The van der Waals surface area contributed by atoms with Crippen molar-refractivity contribution in [3.63, 3.8) is 0 Å². The molecule has 0 saturated carbocycles. The molecule has 3 aromatic carbocycles. The van der Waals surface area contributed by atoms with Crippen LogP contribution in [0.1, 0.15) is 26.3 Å². The van der Waals surface area contributed by atoms with Gasteiger partial charge < -0.3 is 19.5 Å². The molecule has 3 aromatic rings. The van der Waals surface area contributed by atoms with Crippen molar-refractivity contribution >= 4 is 29.2 Å². The van der Waals surface area contributed by atoms with Gasteiger partial charge in [0.05, 0.1) is 25.5 Å². The van der Waals surface area contributed by atoms with Crippen LogP contribution in [0.4, 0.5) is 5.69 Å². The lowest BCUT2D eigenvalue weighted by Crippen LogP contribution is -2.16. The van der Waals surface area contributed by atoms with Gasteiger partial charge in [-0.2, -0.15) is 0 Å². The van der Waals surface area contributed by atoms with Gasteiger partial charge in [-0.3, -0.25) is 4.79 Å². The molecule has 0 unspecified atom stereocenters. The van der Waals surface area contributed by atoms with E-state index in [1.807, 2.05) is 0 Å². The molecule has 0 radical (unpaired) electrons. The molecule has 154 valence electrons. The van der Waals surface area contributed by atoms with Crippen molar-refractivity contribution in [3.05, 3.63) is 88.4 Å². The second-order valence-corrected chi connectivity index (χ2v) is 6.70. The molecule has 0 aliphatic carbocycles. The summed E-state index contributed by atoms with van der Waals surface area (Å²) in [7, 11) is 2.84. The first kappa shape index (κ1) is 21.2. The first-order valence-corrected chi connectivity index (χ1v) is 9.43. The van der Waals surface area contributed by atoms with E-state index in [0.29, 0.717) is 33.3 Å². The molecule has 3 rings (SSSR count). The maximum Gasteiger partial charge on any atom is 0.339 e. The van der Waals surface area contributed by atoms with Crippen LogP contribution in [0.2, 0.25) is 5.02 Å². The van der Waals surface area contributed by atoms with Crippen molar-refractivity contribution in [2.45, 2.75) is 6.61 Å². The molecule has 0 bridgehead atoms. The number of methoxy groups -OCH3 is 2. The van der Waals surface area contributed by atoms with Crippen molar-refractivity contribution in [1.82, 2.24) is 0 Å². The van der Waals surface area contributed by atoms with Crippen molar-refractivity contribution in [2.75, 3.05) is 19.5 Å². The normalized spacial score (nSPS) is 10.2. The van der Waals surface area contributed by atoms with Crippen LogP contribution in [-0.2, 0) is 11.3 Å². The Morgan fingerprint density at radius 2 is 1.70 bits per heavy atom. The maximum atomic E-state index is 12.8. The number of benzene rings is 3. The second-order valence-electron chi connectivity index (χ2n) is 6.26. The molecule has 1 N–H and O–H groups in total. The molecule has 0 heterocycles. The number of amides is 1. The average Bonchev–Trinajstić information content (AvgIpc) is 2.78. The minimum atomic E-state index is -0.530. The Morgan fingerprint density at radius 1 is 0.967 bits per heavy atom. The number of anilines is 1. The van der Waals surface area contributed by atoms with Crippen LogP contribution in [0.15, 0.2) is 66.7 Å². The van der Waals surface area contributed by atoms with Gasteiger partial charge in [0.1, 0.15) is 18.1 Å². The summed E-state index contributed by atoms with van der Waals surface area (Å²) in [4.78, 5) is 24.7. The number of carbonyl (C=O) groups is 2. The zero-order valence-corrected chi connectivity index (χ0v) is 17.2. The highest BCUT2D eigenvalue weighted by Crippen LogP contribution is 2.24. The predicted octanol–water partition coefficient (Wildman–Crippen LogP) is 4.97. The Bertz CT molecular complexity index is 1050. The number of hydrogen-bond acceptors (Lipinski definition) is 5. The minimum Gasteiger partial charge on any atom is -0.496 e. The van der Waals surface area contributed by atoms with Crippen LogP contribution >= 0.6 is 11.6 Å².